The van der Waals surface area contributed by atoms with Gasteiger partial charge in [0.1, 0.15) is 6.04 Å². The van der Waals surface area contributed by atoms with Gasteiger partial charge in [0.15, 0.2) is 0 Å². The summed E-state index contributed by atoms with van der Waals surface area (Å²) in [6.45, 7) is 3.23. The highest BCUT2D eigenvalue weighted by Gasteiger charge is 2.47. The number of nitrogens with one attached hydrogen (secondary N) is 2. The molecule has 2 aromatic carbocycles. The number of carbonyl (C=O) groups excluding carboxylic acids is 2. The minimum atomic E-state index is -0.999. The fraction of sp³-hybridized carbons (Fsp3) is 0.423. The zero-order valence-corrected chi connectivity index (χ0v) is 19.3. The van der Waals surface area contributed by atoms with Gasteiger partial charge >= 0.3 is 5.97 Å². The Hall–Kier alpha value is -3.39. The third kappa shape index (κ3) is 3.92. The molecule has 2 saturated heterocycles. The van der Waals surface area contributed by atoms with Crippen molar-refractivity contribution in [2.75, 3.05) is 43.4 Å². The van der Waals surface area contributed by atoms with Gasteiger partial charge in [-0.2, -0.15) is 0 Å². The van der Waals surface area contributed by atoms with Crippen LogP contribution >= 0.6 is 0 Å². The number of aromatic carboxylic acids is 1. The highest BCUT2D eigenvalue weighted by Crippen LogP contribution is 2.43. The van der Waals surface area contributed by atoms with E-state index in [9.17, 15) is 14.4 Å². The van der Waals surface area contributed by atoms with Gasteiger partial charge in [0.25, 0.3) is 0 Å². The molecular weight excluding hydrogens is 432 g/mol. The Kier molecular flexibility index (Phi) is 5.77. The molecule has 3 aliphatic rings. The summed E-state index contributed by atoms with van der Waals surface area (Å²) in [4.78, 5) is 41.1. The van der Waals surface area contributed by atoms with Crippen LogP contribution in [0.4, 0.5) is 11.4 Å². The van der Waals surface area contributed by atoms with Crippen LogP contribution in [0.15, 0.2) is 42.5 Å². The standard InChI is InChI=1S/C26H30N4O4/c1-29-14-10-26(25(29)34)11-15-30(16-12-26)21-4-2-3-20-19(21)9-13-27-22(20)23(31)28-18-7-5-17(6-8-18)24(32)33/h2-8,22,27H,9-16H2,1H3,(H,28,31)(H,32,33). The monoisotopic (exact) mass is 462 g/mol. The van der Waals surface area contributed by atoms with Crippen LogP contribution < -0.4 is 15.5 Å². The number of nitrogens with zero attached hydrogens (tertiary/aromatic N) is 2. The highest BCUT2D eigenvalue weighted by atomic mass is 16.4. The van der Waals surface area contributed by atoms with E-state index in [0.717, 1.165) is 56.6 Å². The van der Waals surface area contributed by atoms with Crippen molar-refractivity contribution in [1.82, 2.24) is 10.2 Å². The Balaban J connectivity index is 1.32. The summed E-state index contributed by atoms with van der Waals surface area (Å²) < 4.78 is 0. The van der Waals surface area contributed by atoms with E-state index in [1.807, 2.05) is 24.1 Å². The molecular formula is C26H30N4O4. The largest absolute Gasteiger partial charge is 0.478 e. The second-order valence-electron chi connectivity index (χ2n) is 9.60. The molecule has 2 aromatic rings. The van der Waals surface area contributed by atoms with E-state index in [1.54, 1.807) is 12.1 Å². The van der Waals surface area contributed by atoms with Crippen molar-refractivity contribution in [2.24, 2.45) is 5.41 Å². The molecule has 0 radical (unpaired) electrons. The van der Waals surface area contributed by atoms with E-state index in [1.165, 1.54) is 17.7 Å². The van der Waals surface area contributed by atoms with Gasteiger partial charge in [0, 0.05) is 44.6 Å². The van der Waals surface area contributed by atoms with Crippen molar-refractivity contribution >= 4 is 29.2 Å². The van der Waals surface area contributed by atoms with Crippen molar-refractivity contribution in [1.29, 1.82) is 0 Å². The lowest BCUT2D eigenvalue weighted by molar-refractivity contribution is -0.136. The molecule has 5 rings (SSSR count). The number of fused-ring (bicyclic) bond motifs is 1. The number of hydrogen-bond donors (Lipinski definition) is 3. The molecule has 0 bridgehead atoms. The molecule has 3 aliphatic heterocycles. The Bertz CT molecular complexity index is 1120. The summed E-state index contributed by atoms with van der Waals surface area (Å²) in [7, 11) is 1.90. The van der Waals surface area contributed by atoms with Crippen molar-refractivity contribution in [3.63, 3.8) is 0 Å². The molecule has 8 heteroatoms. The van der Waals surface area contributed by atoms with Gasteiger partial charge in [0.2, 0.25) is 11.8 Å². The van der Waals surface area contributed by atoms with Crippen LogP contribution in [0.3, 0.4) is 0 Å². The van der Waals surface area contributed by atoms with Crippen LogP contribution in [0.1, 0.15) is 46.8 Å². The smallest absolute Gasteiger partial charge is 0.335 e. The van der Waals surface area contributed by atoms with Crippen molar-refractivity contribution in [2.45, 2.75) is 31.7 Å². The molecule has 2 fully saturated rings. The zero-order valence-electron chi connectivity index (χ0n) is 19.3. The number of anilines is 2. The van der Waals surface area contributed by atoms with Crippen LogP contribution in [0.5, 0.6) is 0 Å². The lowest BCUT2D eigenvalue weighted by Gasteiger charge is -2.40. The first-order valence-electron chi connectivity index (χ1n) is 11.9. The summed E-state index contributed by atoms with van der Waals surface area (Å²) in [5.74, 6) is -0.876. The molecule has 1 spiro atoms. The number of hydrogen-bond acceptors (Lipinski definition) is 5. The molecule has 8 nitrogen and oxygen atoms in total. The third-order valence-electron chi connectivity index (χ3n) is 7.67. The summed E-state index contributed by atoms with van der Waals surface area (Å²) in [5.41, 5.74) is 3.87. The van der Waals surface area contributed by atoms with E-state index in [0.29, 0.717) is 18.1 Å². The van der Waals surface area contributed by atoms with Gasteiger partial charge in [-0.05, 0) is 67.1 Å². The lowest BCUT2D eigenvalue weighted by atomic mass is 9.76. The molecule has 34 heavy (non-hydrogen) atoms. The number of carboxylic acid groups (broad SMARTS) is 1. The maximum atomic E-state index is 13.1. The molecule has 3 N–H and O–H groups in total. The van der Waals surface area contributed by atoms with Gasteiger partial charge in [-0.25, -0.2) is 4.79 Å². The number of carbonyl (C=O) groups is 3. The third-order valence-corrected chi connectivity index (χ3v) is 7.67. The predicted molar refractivity (Wildman–Crippen MR) is 129 cm³/mol. The molecule has 1 atom stereocenters. The van der Waals surface area contributed by atoms with Crippen molar-refractivity contribution < 1.29 is 19.5 Å². The van der Waals surface area contributed by atoms with E-state index in [-0.39, 0.29) is 16.9 Å². The number of carboxylic acids is 1. The van der Waals surface area contributed by atoms with Crippen LogP contribution in [-0.4, -0.2) is 61.0 Å². The second kappa shape index (κ2) is 8.76. The fourth-order valence-electron chi connectivity index (χ4n) is 5.66. The molecule has 0 aromatic heterocycles. The zero-order chi connectivity index (χ0) is 23.9. The minimum Gasteiger partial charge on any atom is -0.478 e. The maximum Gasteiger partial charge on any atom is 0.335 e. The van der Waals surface area contributed by atoms with E-state index in [2.05, 4.69) is 21.6 Å². The fourth-order valence-corrected chi connectivity index (χ4v) is 5.66. The van der Waals surface area contributed by atoms with E-state index < -0.39 is 12.0 Å². The molecule has 0 saturated carbocycles. The topological polar surface area (TPSA) is 102 Å². The van der Waals surface area contributed by atoms with E-state index in [4.69, 9.17) is 5.11 Å². The van der Waals surface area contributed by atoms with E-state index >= 15 is 0 Å². The van der Waals surface area contributed by atoms with Gasteiger partial charge < -0.3 is 25.5 Å². The first kappa shape index (κ1) is 22.4. The summed E-state index contributed by atoms with van der Waals surface area (Å²) in [6.07, 6.45) is 3.53. The molecule has 1 unspecified atom stereocenters. The van der Waals surface area contributed by atoms with Gasteiger partial charge in [-0.3, -0.25) is 9.59 Å². The lowest BCUT2D eigenvalue weighted by Crippen LogP contribution is -2.45. The summed E-state index contributed by atoms with van der Waals surface area (Å²) >= 11 is 0. The van der Waals surface area contributed by atoms with Crippen LogP contribution in [-0.2, 0) is 16.0 Å². The number of amides is 2. The van der Waals surface area contributed by atoms with Crippen LogP contribution in [0.25, 0.3) is 0 Å². The first-order chi connectivity index (χ1) is 16.4. The number of benzene rings is 2. The average molecular weight is 463 g/mol. The first-order valence-corrected chi connectivity index (χ1v) is 11.9. The Morgan fingerprint density at radius 2 is 1.76 bits per heavy atom. The second-order valence-corrected chi connectivity index (χ2v) is 9.60. The van der Waals surface area contributed by atoms with Crippen molar-refractivity contribution in [3.05, 3.63) is 59.2 Å². The van der Waals surface area contributed by atoms with Gasteiger partial charge in [-0.15, -0.1) is 0 Å². The quantitative estimate of drug-likeness (QED) is 0.646. The van der Waals surface area contributed by atoms with Gasteiger partial charge in [0.05, 0.1) is 11.0 Å². The molecule has 3 heterocycles. The molecule has 0 aliphatic carbocycles. The Morgan fingerprint density at radius 1 is 1.06 bits per heavy atom. The van der Waals surface area contributed by atoms with Crippen LogP contribution in [0, 0.1) is 5.41 Å². The molecule has 178 valence electrons. The normalized spacial score (nSPS) is 21.4. The summed E-state index contributed by atoms with van der Waals surface area (Å²) in [6, 6.07) is 11.8. The average Bonchev–Trinajstić information content (AvgIpc) is 3.12. The highest BCUT2D eigenvalue weighted by molar-refractivity contribution is 5.97. The summed E-state index contributed by atoms with van der Waals surface area (Å²) in [5, 5.41) is 15.3. The predicted octanol–water partition coefficient (Wildman–Crippen LogP) is 2.66. The van der Waals surface area contributed by atoms with Crippen LogP contribution in [0.2, 0.25) is 0 Å². The number of likely N-dealkylation sites (tertiary alicyclic amines) is 1. The van der Waals surface area contributed by atoms with Crippen molar-refractivity contribution in [3.8, 4) is 0 Å². The molecule has 2 amide bonds. The Morgan fingerprint density at radius 3 is 2.41 bits per heavy atom. The Labute approximate surface area is 198 Å². The minimum absolute atomic E-state index is 0.168. The van der Waals surface area contributed by atoms with Gasteiger partial charge in [-0.1, -0.05) is 12.1 Å². The maximum absolute atomic E-state index is 13.1. The number of piperidine rings is 1. The number of rotatable bonds is 4. The SMILES string of the molecule is CN1CCC2(CCN(c3cccc4c3CCNC4C(=O)Nc3ccc(C(=O)O)cc3)CC2)C1=O.